The molecule has 21 heavy (non-hydrogen) atoms. The quantitative estimate of drug-likeness (QED) is 0.891. The highest BCUT2D eigenvalue weighted by atomic mass is 79.9. The number of aryl methyl sites for hydroxylation is 2. The van der Waals surface area contributed by atoms with Crippen molar-refractivity contribution in [3.8, 4) is 5.75 Å². The molecule has 0 aliphatic carbocycles. The zero-order valence-corrected chi connectivity index (χ0v) is 13.9. The zero-order chi connectivity index (χ0) is 15.6. The first-order chi connectivity index (χ1) is 9.93. The van der Waals surface area contributed by atoms with E-state index >= 15 is 0 Å². The lowest BCUT2D eigenvalue weighted by Crippen LogP contribution is -2.31. The third kappa shape index (κ3) is 3.27. The number of phenols is 1. The summed E-state index contributed by atoms with van der Waals surface area (Å²) in [5, 5.41) is 9.68. The maximum Gasteiger partial charge on any atom is 0.258 e. The SMILES string of the molecule is CCN(C(=O)c1ccc(Br)cc1C)c1cc(O)ccc1C. The Labute approximate surface area is 133 Å². The van der Waals surface area contributed by atoms with Crippen LogP contribution in [0.25, 0.3) is 0 Å². The third-order valence-corrected chi connectivity index (χ3v) is 3.96. The molecule has 110 valence electrons. The van der Waals surface area contributed by atoms with E-state index in [9.17, 15) is 9.90 Å². The number of hydrogen-bond acceptors (Lipinski definition) is 2. The number of aromatic hydroxyl groups is 1. The van der Waals surface area contributed by atoms with E-state index in [2.05, 4.69) is 15.9 Å². The van der Waals surface area contributed by atoms with Crippen LogP contribution in [-0.2, 0) is 0 Å². The van der Waals surface area contributed by atoms with E-state index in [4.69, 9.17) is 0 Å². The van der Waals surface area contributed by atoms with Crippen molar-refractivity contribution >= 4 is 27.5 Å². The molecular formula is C17H18BrNO2. The van der Waals surface area contributed by atoms with Crippen molar-refractivity contribution in [3.63, 3.8) is 0 Å². The Balaban J connectivity index is 2.45. The van der Waals surface area contributed by atoms with Crippen molar-refractivity contribution in [2.75, 3.05) is 11.4 Å². The van der Waals surface area contributed by atoms with E-state index in [0.717, 1.165) is 21.3 Å². The van der Waals surface area contributed by atoms with Crippen LogP contribution in [0.4, 0.5) is 5.69 Å². The number of benzene rings is 2. The molecule has 2 rings (SSSR count). The summed E-state index contributed by atoms with van der Waals surface area (Å²) in [5.41, 5.74) is 3.29. The molecule has 1 N–H and O–H groups in total. The van der Waals surface area contributed by atoms with Crippen LogP contribution in [0.15, 0.2) is 40.9 Å². The standard InChI is InChI=1S/C17H18BrNO2/c1-4-19(16-10-14(20)7-5-11(16)2)17(21)15-8-6-13(18)9-12(15)3/h5-10,20H,4H2,1-3H3. The van der Waals surface area contributed by atoms with Gasteiger partial charge in [0.1, 0.15) is 5.75 Å². The van der Waals surface area contributed by atoms with E-state index in [-0.39, 0.29) is 11.7 Å². The van der Waals surface area contributed by atoms with Gasteiger partial charge in [-0.05, 0) is 56.2 Å². The molecule has 0 bridgehead atoms. The first kappa shape index (κ1) is 15.6. The molecule has 0 atom stereocenters. The summed E-state index contributed by atoms with van der Waals surface area (Å²) >= 11 is 3.41. The van der Waals surface area contributed by atoms with Crippen molar-refractivity contribution in [2.45, 2.75) is 20.8 Å². The fraction of sp³-hybridized carbons (Fsp3) is 0.235. The fourth-order valence-corrected chi connectivity index (χ4v) is 2.80. The van der Waals surface area contributed by atoms with E-state index in [1.807, 2.05) is 45.0 Å². The molecule has 0 spiro atoms. The van der Waals surface area contributed by atoms with Gasteiger partial charge in [0.2, 0.25) is 0 Å². The Bertz CT molecular complexity index is 682. The van der Waals surface area contributed by atoms with Crippen LogP contribution in [0.5, 0.6) is 5.75 Å². The van der Waals surface area contributed by atoms with Gasteiger partial charge in [-0.15, -0.1) is 0 Å². The van der Waals surface area contributed by atoms with Gasteiger partial charge in [-0.3, -0.25) is 4.79 Å². The Morgan fingerprint density at radius 2 is 1.86 bits per heavy atom. The predicted molar refractivity (Wildman–Crippen MR) is 89.1 cm³/mol. The minimum Gasteiger partial charge on any atom is -0.508 e. The predicted octanol–water partition coefficient (Wildman–Crippen LogP) is 4.44. The fourth-order valence-electron chi connectivity index (χ4n) is 2.32. The number of anilines is 1. The van der Waals surface area contributed by atoms with Crippen LogP contribution in [0.2, 0.25) is 0 Å². The molecule has 0 radical (unpaired) electrons. The van der Waals surface area contributed by atoms with E-state index in [1.165, 1.54) is 0 Å². The normalized spacial score (nSPS) is 10.5. The van der Waals surface area contributed by atoms with Crippen molar-refractivity contribution < 1.29 is 9.90 Å². The minimum absolute atomic E-state index is 0.0591. The highest BCUT2D eigenvalue weighted by molar-refractivity contribution is 9.10. The average Bonchev–Trinajstić information content (AvgIpc) is 2.43. The summed E-state index contributed by atoms with van der Waals surface area (Å²) in [6.07, 6.45) is 0. The number of rotatable bonds is 3. The molecule has 1 amide bonds. The molecule has 0 unspecified atom stereocenters. The molecule has 0 heterocycles. The van der Waals surface area contributed by atoms with Crippen molar-refractivity contribution in [2.24, 2.45) is 0 Å². The van der Waals surface area contributed by atoms with Crippen LogP contribution in [-0.4, -0.2) is 17.6 Å². The van der Waals surface area contributed by atoms with Crippen LogP contribution in [0.3, 0.4) is 0 Å². The van der Waals surface area contributed by atoms with Gasteiger partial charge < -0.3 is 10.0 Å². The highest BCUT2D eigenvalue weighted by Crippen LogP contribution is 2.27. The number of carbonyl (C=O) groups excluding carboxylic acids is 1. The van der Waals surface area contributed by atoms with Crippen molar-refractivity contribution in [3.05, 3.63) is 57.6 Å². The summed E-state index contributed by atoms with van der Waals surface area (Å²) in [6, 6.07) is 10.7. The maximum atomic E-state index is 12.8. The van der Waals surface area contributed by atoms with Gasteiger partial charge in [0.15, 0.2) is 0 Å². The second kappa shape index (κ2) is 6.31. The molecule has 2 aromatic carbocycles. The summed E-state index contributed by atoms with van der Waals surface area (Å²) in [5.74, 6) is 0.102. The molecule has 0 aromatic heterocycles. The van der Waals surface area contributed by atoms with E-state index in [1.54, 1.807) is 17.0 Å². The van der Waals surface area contributed by atoms with Crippen molar-refractivity contribution in [1.82, 2.24) is 0 Å². The summed E-state index contributed by atoms with van der Waals surface area (Å²) in [6.45, 7) is 6.31. The number of carbonyl (C=O) groups is 1. The molecular weight excluding hydrogens is 330 g/mol. The topological polar surface area (TPSA) is 40.5 Å². The van der Waals surface area contributed by atoms with Crippen LogP contribution < -0.4 is 4.90 Å². The molecule has 0 saturated heterocycles. The lowest BCUT2D eigenvalue weighted by molar-refractivity contribution is 0.0987. The van der Waals surface area contributed by atoms with Gasteiger partial charge >= 0.3 is 0 Å². The van der Waals surface area contributed by atoms with Crippen LogP contribution >= 0.6 is 15.9 Å². The van der Waals surface area contributed by atoms with Gasteiger partial charge in [-0.1, -0.05) is 22.0 Å². The smallest absolute Gasteiger partial charge is 0.258 e. The summed E-state index contributed by atoms with van der Waals surface area (Å²) in [4.78, 5) is 14.5. The molecule has 2 aromatic rings. The third-order valence-electron chi connectivity index (χ3n) is 3.46. The molecule has 3 nitrogen and oxygen atoms in total. The molecule has 4 heteroatoms. The second-order valence-electron chi connectivity index (χ2n) is 4.98. The second-order valence-corrected chi connectivity index (χ2v) is 5.90. The van der Waals surface area contributed by atoms with Gasteiger partial charge in [0, 0.05) is 22.6 Å². The lowest BCUT2D eigenvalue weighted by atomic mass is 10.1. The molecule has 0 saturated carbocycles. The van der Waals surface area contributed by atoms with Gasteiger partial charge in [0.25, 0.3) is 5.91 Å². The minimum atomic E-state index is -0.0591. The molecule has 0 aliphatic rings. The summed E-state index contributed by atoms with van der Waals surface area (Å²) in [7, 11) is 0. The largest absolute Gasteiger partial charge is 0.508 e. The Hall–Kier alpha value is -1.81. The van der Waals surface area contributed by atoms with Crippen LogP contribution in [0.1, 0.15) is 28.4 Å². The number of amides is 1. The van der Waals surface area contributed by atoms with Crippen LogP contribution in [0, 0.1) is 13.8 Å². The number of hydrogen-bond donors (Lipinski definition) is 1. The first-order valence-electron chi connectivity index (χ1n) is 6.81. The van der Waals surface area contributed by atoms with E-state index in [0.29, 0.717) is 12.1 Å². The lowest BCUT2D eigenvalue weighted by Gasteiger charge is -2.24. The Kier molecular flexibility index (Phi) is 4.68. The Morgan fingerprint density at radius 3 is 2.48 bits per heavy atom. The van der Waals surface area contributed by atoms with Crippen molar-refractivity contribution in [1.29, 1.82) is 0 Å². The average molecular weight is 348 g/mol. The number of phenolic OH excluding ortho intramolecular Hbond substituents is 1. The molecule has 0 fully saturated rings. The first-order valence-corrected chi connectivity index (χ1v) is 7.61. The monoisotopic (exact) mass is 347 g/mol. The van der Waals surface area contributed by atoms with Gasteiger partial charge in [-0.2, -0.15) is 0 Å². The zero-order valence-electron chi connectivity index (χ0n) is 12.4. The van der Waals surface area contributed by atoms with Gasteiger partial charge in [0.05, 0.1) is 5.69 Å². The number of nitrogens with zero attached hydrogens (tertiary/aromatic N) is 1. The Morgan fingerprint density at radius 1 is 1.14 bits per heavy atom. The molecule has 0 aliphatic heterocycles. The van der Waals surface area contributed by atoms with Gasteiger partial charge in [-0.25, -0.2) is 0 Å². The summed E-state index contributed by atoms with van der Waals surface area (Å²) < 4.78 is 0.952. The van der Waals surface area contributed by atoms with E-state index < -0.39 is 0 Å². The highest BCUT2D eigenvalue weighted by Gasteiger charge is 2.19. The number of halogens is 1. The maximum absolute atomic E-state index is 12.8.